The van der Waals surface area contributed by atoms with Gasteiger partial charge in [0.25, 0.3) is 0 Å². The Kier molecular flexibility index (Phi) is 4.80. The van der Waals surface area contributed by atoms with Crippen LogP contribution in [0, 0.1) is 5.92 Å². The number of carbonyl (C=O) groups is 2. The molecule has 3 heterocycles. The molecule has 0 radical (unpaired) electrons. The SMILES string of the molecule is Cn1c(CNC(=O)C2CCC2)nc2c1CN(C(=O)Cc1ccsc1)CC2. The summed E-state index contributed by atoms with van der Waals surface area (Å²) in [6.07, 6.45) is 4.40. The van der Waals surface area contributed by atoms with E-state index >= 15 is 0 Å². The number of amides is 2. The van der Waals surface area contributed by atoms with E-state index in [4.69, 9.17) is 4.98 Å². The minimum absolute atomic E-state index is 0.143. The zero-order chi connectivity index (χ0) is 18.1. The van der Waals surface area contributed by atoms with Crippen molar-refractivity contribution in [1.82, 2.24) is 19.8 Å². The van der Waals surface area contributed by atoms with Gasteiger partial charge in [0.15, 0.2) is 0 Å². The maximum atomic E-state index is 12.6. The second-order valence-corrected chi connectivity index (χ2v) is 7.98. The average Bonchev–Trinajstić information content (AvgIpc) is 3.19. The molecule has 0 unspecified atom stereocenters. The highest BCUT2D eigenvalue weighted by Gasteiger charge is 2.27. The summed E-state index contributed by atoms with van der Waals surface area (Å²) >= 11 is 1.62. The minimum Gasteiger partial charge on any atom is -0.349 e. The first-order valence-corrected chi connectivity index (χ1v) is 10.2. The molecule has 7 heteroatoms. The van der Waals surface area contributed by atoms with E-state index in [1.165, 1.54) is 0 Å². The van der Waals surface area contributed by atoms with E-state index in [0.717, 1.165) is 48.5 Å². The van der Waals surface area contributed by atoms with Crippen LogP contribution in [0.3, 0.4) is 0 Å². The summed E-state index contributed by atoms with van der Waals surface area (Å²) in [6, 6.07) is 2.00. The van der Waals surface area contributed by atoms with Gasteiger partial charge in [0.05, 0.1) is 30.9 Å². The summed E-state index contributed by atoms with van der Waals surface area (Å²) in [4.78, 5) is 31.2. The van der Waals surface area contributed by atoms with E-state index in [9.17, 15) is 9.59 Å². The summed E-state index contributed by atoms with van der Waals surface area (Å²) in [6.45, 7) is 1.76. The van der Waals surface area contributed by atoms with Gasteiger partial charge in [0.1, 0.15) is 5.82 Å². The topological polar surface area (TPSA) is 67.2 Å². The molecule has 1 aliphatic carbocycles. The van der Waals surface area contributed by atoms with Crippen molar-refractivity contribution in [2.45, 2.75) is 45.2 Å². The molecule has 1 fully saturated rings. The second-order valence-electron chi connectivity index (χ2n) is 7.20. The Morgan fingerprint density at radius 3 is 2.92 bits per heavy atom. The third kappa shape index (κ3) is 3.40. The first-order chi connectivity index (χ1) is 12.6. The van der Waals surface area contributed by atoms with Crippen LogP contribution in [0.4, 0.5) is 0 Å². The van der Waals surface area contributed by atoms with Crippen molar-refractivity contribution >= 4 is 23.2 Å². The van der Waals surface area contributed by atoms with Gasteiger partial charge in [-0.2, -0.15) is 11.3 Å². The van der Waals surface area contributed by atoms with Crippen molar-refractivity contribution in [3.05, 3.63) is 39.6 Å². The molecule has 4 rings (SSSR count). The normalized spacial score (nSPS) is 16.9. The highest BCUT2D eigenvalue weighted by atomic mass is 32.1. The Morgan fingerprint density at radius 2 is 2.23 bits per heavy atom. The summed E-state index contributed by atoms with van der Waals surface area (Å²) in [5.74, 6) is 1.37. The van der Waals surface area contributed by atoms with Crippen LogP contribution in [-0.4, -0.2) is 32.8 Å². The number of aromatic nitrogens is 2. The lowest BCUT2D eigenvalue weighted by Gasteiger charge is -2.27. The van der Waals surface area contributed by atoms with Crippen molar-refractivity contribution < 1.29 is 9.59 Å². The van der Waals surface area contributed by atoms with Crippen LogP contribution in [0.5, 0.6) is 0 Å². The Labute approximate surface area is 157 Å². The van der Waals surface area contributed by atoms with Crippen LogP contribution in [0.1, 0.15) is 42.0 Å². The van der Waals surface area contributed by atoms with Gasteiger partial charge in [-0.25, -0.2) is 4.98 Å². The highest BCUT2D eigenvalue weighted by Crippen LogP contribution is 2.26. The van der Waals surface area contributed by atoms with Crippen molar-refractivity contribution in [2.24, 2.45) is 13.0 Å². The van der Waals surface area contributed by atoms with Crippen LogP contribution < -0.4 is 5.32 Å². The van der Waals surface area contributed by atoms with Crippen molar-refractivity contribution in [3.63, 3.8) is 0 Å². The number of fused-ring (bicyclic) bond motifs is 1. The third-order valence-corrected chi connectivity index (χ3v) is 6.27. The lowest BCUT2D eigenvalue weighted by molar-refractivity contribution is -0.131. The molecule has 0 saturated heterocycles. The molecule has 1 N–H and O–H groups in total. The molecule has 6 nitrogen and oxygen atoms in total. The number of hydrogen-bond acceptors (Lipinski definition) is 4. The summed E-state index contributed by atoms with van der Waals surface area (Å²) in [5, 5.41) is 7.04. The zero-order valence-corrected chi connectivity index (χ0v) is 15.8. The number of imidazole rings is 1. The van der Waals surface area contributed by atoms with Gasteiger partial charge < -0.3 is 14.8 Å². The lowest BCUT2D eigenvalue weighted by atomic mass is 9.85. The Morgan fingerprint density at radius 1 is 1.38 bits per heavy atom. The standard InChI is InChI=1S/C19H24N4O2S/c1-22-16-11-23(18(24)9-13-6-8-26-12-13)7-5-15(16)21-17(22)10-20-19(25)14-3-2-4-14/h6,8,12,14H,2-5,7,9-11H2,1H3,(H,20,25). The maximum absolute atomic E-state index is 12.6. The summed E-state index contributed by atoms with van der Waals surface area (Å²) in [7, 11) is 1.98. The van der Waals surface area contributed by atoms with Crippen LogP contribution >= 0.6 is 11.3 Å². The van der Waals surface area contributed by atoms with Crippen LogP contribution in [0.15, 0.2) is 16.8 Å². The molecular formula is C19H24N4O2S. The van der Waals surface area contributed by atoms with Crippen molar-refractivity contribution in [2.75, 3.05) is 6.54 Å². The average molecular weight is 372 g/mol. The van der Waals surface area contributed by atoms with Crippen molar-refractivity contribution in [3.8, 4) is 0 Å². The number of nitrogens with one attached hydrogen (secondary N) is 1. The molecule has 1 saturated carbocycles. The molecule has 0 spiro atoms. The monoisotopic (exact) mass is 372 g/mol. The summed E-state index contributed by atoms with van der Waals surface area (Å²) in [5.41, 5.74) is 3.22. The van der Waals surface area contributed by atoms with Crippen LogP contribution in [0.25, 0.3) is 0 Å². The number of thiophene rings is 1. The van der Waals surface area contributed by atoms with Gasteiger partial charge in [-0.3, -0.25) is 9.59 Å². The van der Waals surface area contributed by atoms with Gasteiger partial charge in [0.2, 0.25) is 11.8 Å². The first-order valence-electron chi connectivity index (χ1n) is 9.21. The fourth-order valence-electron chi connectivity index (χ4n) is 3.57. The van der Waals surface area contributed by atoms with E-state index in [-0.39, 0.29) is 17.7 Å². The Bertz CT molecular complexity index is 808. The largest absolute Gasteiger partial charge is 0.349 e. The van der Waals surface area contributed by atoms with Gasteiger partial charge in [0, 0.05) is 25.9 Å². The van der Waals surface area contributed by atoms with E-state index in [0.29, 0.717) is 26.1 Å². The maximum Gasteiger partial charge on any atom is 0.227 e. The van der Waals surface area contributed by atoms with Crippen molar-refractivity contribution in [1.29, 1.82) is 0 Å². The number of rotatable bonds is 5. The zero-order valence-electron chi connectivity index (χ0n) is 15.0. The molecule has 26 heavy (non-hydrogen) atoms. The molecule has 2 aromatic rings. The molecule has 2 aromatic heterocycles. The predicted octanol–water partition coefficient (Wildman–Crippen LogP) is 2.03. The molecular weight excluding hydrogens is 348 g/mol. The number of carbonyl (C=O) groups excluding carboxylic acids is 2. The molecule has 2 amide bonds. The van der Waals surface area contributed by atoms with Gasteiger partial charge >= 0.3 is 0 Å². The quantitative estimate of drug-likeness (QED) is 0.873. The van der Waals surface area contributed by atoms with Gasteiger partial charge in [-0.15, -0.1) is 0 Å². The fourth-order valence-corrected chi connectivity index (χ4v) is 4.24. The van der Waals surface area contributed by atoms with Gasteiger partial charge in [-0.05, 0) is 35.2 Å². The van der Waals surface area contributed by atoms with E-state index < -0.39 is 0 Å². The highest BCUT2D eigenvalue weighted by molar-refractivity contribution is 7.08. The number of nitrogens with zero attached hydrogens (tertiary/aromatic N) is 3. The smallest absolute Gasteiger partial charge is 0.227 e. The first kappa shape index (κ1) is 17.3. The van der Waals surface area contributed by atoms with E-state index in [1.54, 1.807) is 11.3 Å². The summed E-state index contributed by atoms with van der Waals surface area (Å²) < 4.78 is 2.04. The molecule has 2 aliphatic rings. The molecule has 0 aromatic carbocycles. The molecule has 0 atom stereocenters. The van der Waals surface area contributed by atoms with Gasteiger partial charge in [-0.1, -0.05) is 6.42 Å². The lowest BCUT2D eigenvalue weighted by Crippen LogP contribution is -2.37. The van der Waals surface area contributed by atoms with Crippen LogP contribution in [-0.2, 0) is 42.6 Å². The molecule has 0 bridgehead atoms. The van der Waals surface area contributed by atoms with Crippen LogP contribution in [0.2, 0.25) is 0 Å². The fraction of sp³-hybridized carbons (Fsp3) is 0.526. The number of hydrogen-bond donors (Lipinski definition) is 1. The third-order valence-electron chi connectivity index (χ3n) is 5.53. The van der Waals surface area contributed by atoms with E-state index in [2.05, 4.69) is 5.32 Å². The Balaban J connectivity index is 1.39. The molecule has 138 valence electrons. The Hall–Kier alpha value is -2.15. The predicted molar refractivity (Wildman–Crippen MR) is 99.5 cm³/mol. The second kappa shape index (κ2) is 7.23. The van der Waals surface area contributed by atoms with E-state index in [1.807, 2.05) is 33.3 Å². The molecule has 1 aliphatic heterocycles. The minimum atomic E-state index is 0.143.